The zero-order valence-corrected chi connectivity index (χ0v) is 21.5. The minimum Gasteiger partial charge on any atom is -0.493 e. The molecule has 0 aliphatic rings. The maximum absolute atomic E-state index is 13.3. The van der Waals surface area contributed by atoms with E-state index in [4.69, 9.17) is 14.2 Å². The molecule has 0 saturated carbocycles. The van der Waals surface area contributed by atoms with Gasteiger partial charge in [-0.05, 0) is 31.2 Å². The minimum atomic E-state index is -4.63. The Kier molecular flexibility index (Phi) is 7.88. The van der Waals surface area contributed by atoms with Crippen LogP contribution in [0.2, 0.25) is 0 Å². The number of alkyl halides is 3. The first-order valence-corrected chi connectivity index (χ1v) is 11.6. The second-order valence-electron chi connectivity index (χ2n) is 8.06. The average Bonchev–Trinajstić information content (AvgIpc) is 3.43. The van der Waals surface area contributed by atoms with Crippen LogP contribution in [0, 0.1) is 0 Å². The molecule has 0 atom stereocenters. The van der Waals surface area contributed by atoms with E-state index in [-0.39, 0.29) is 11.5 Å². The van der Waals surface area contributed by atoms with Crippen molar-refractivity contribution in [2.24, 2.45) is 0 Å². The maximum atomic E-state index is 13.3. The number of hydrogen-bond acceptors (Lipinski definition) is 7. The monoisotopic (exact) mass is 542 g/mol. The number of aromatic nitrogens is 4. The van der Waals surface area contributed by atoms with Gasteiger partial charge in [0.05, 0.1) is 27.0 Å². The number of carbonyl (C=O) groups excluding carboxylic acids is 1. The van der Waals surface area contributed by atoms with Crippen molar-refractivity contribution >= 4 is 11.8 Å². The lowest BCUT2D eigenvalue weighted by atomic mass is 10.0. The number of nitrogens with zero attached hydrogens (tertiary/aromatic N) is 4. The lowest BCUT2D eigenvalue weighted by molar-refractivity contribution is -0.141. The number of nitrogens with one attached hydrogen (secondary N) is 2. The minimum absolute atomic E-state index is 0.120. The molecule has 0 saturated heterocycles. The molecular weight excluding hydrogens is 517 g/mol. The van der Waals surface area contributed by atoms with Crippen molar-refractivity contribution < 1.29 is 32.2 Å². The molecule has 4 rings (SSSR count). The number of urea groups is 1. The van der Waals surface area contributed by atoms with E-state index in [0.717, 1.165) is 10.7 Å². The third-order valence-electron chi connectivity index (χ3n) is 5.65. The Balaban J connectivity index is 1.85. The van der Waals surface area contributed by atoms with Crippen LogP contribution in [0.5, 0.6) is 17.2 Å². The summed E-state index contributed by atoms with van der Waals surface area (Å²) in [6, 6.07) is 7.07. The molecule has 0 bridgehead atoms. The van der Waals surface area contributed by atoms with Gasteiger partial charge in [0.1, 0.15) is 5.82 Å². The number of carbonyl (C=O) groups is 1. The molecular formula is C26H25F3N6O4. The predicted molar refractivity (Wildman–Crippen MR) is 137 cm³/mol. The van der Waals surface area contributed by atoms with E-state index in [2.05, 4.69) is 25.7 Å². The first-order chi connectivity index (χ1) is 18.7. The number of benzene rings is 1. The van der Waals surface area contributed by atoms with Crippen LogP contribution in [0.3, 0.4) is 0 Å². The fraction of sp³-hybridized carbons (Fsp3) is 0.231. The zero-order chi connectivity index (χ0) is 28.2. The highest BCUT2D eigenvalue weighted by atomic mass is 19.4. The van der Waals surface area contributed by atoms with Crippen molar-refractivity contribution in [3.05, 3.63) is 60.8 Å². The smallest absolute Gasteiger partial charge is 0.435 e. The summed E-state index contributed by atoms with van der Waals surface area (Å²) in [4.78, 5) is 20.7. The van der Waals surface area contributed by atoms with Crippen molar-refractivity contribution in [2.75, 3.05) is 33.2 Å². The molecule has 13 heteroatoms. The van der Waals surface area contributed by atoms with E-state index in [1.807, 2.05) is 0 Å². The summed E-state index contributed by atoms with van der Waals surface area (Å²) < 4.78 is 57.4. The van der Waals surface area contributed by atoms with Gasteiger partial charge in [-0.15, -0.1) is 0 Å². The molecule has 0 aliphatic carbocycles. The van der Waals surface area contributed by atoms with Crippen molar-refractivity contribution in [3.63, 3.8) is 0 Å². The molecule has 1 aromatic carbocycles. The summed E-state index contributed by atoms with van der Waals surface area (Å²) in [5.41, 5.74) is 1.41. The summed E-state index contributed by atoms with van der Waals surface area (Å²) in [5, 5.41) is 8.85. The lowest BCUT2D eigenvalue weighted by Gasteiger charge is -2.17. The second kappa shape index (κ2) is 11.3. The highest BCUT2D eigenvalue weighted by Crippen LogP contribution is 2.44. The quantitative estimate of drug-likeness (QED) is 0.315. The summed E-state index contributed by atoms with van der Waals surface area (Å²) in [6.07, 6.45) is 1.14. The standard InChI is InChI=1S/C26H25F3N6O4/c1-5-31-25(36)33-22-11-19(35-9-8-21(34-35)26(27,28)29)18(14-32-22)16-10-15(12-30-13-16)17-6-7-20(37-2)24(39-4)23(17)38-3/h6-14H,5H2,1-4H3,(H2,31,32,33,36). The van der Waals surface area contributed by atoms with E-state index in [1.54, 1.807) is 37.5 Å². The Morgan fingerprint density at radius 3 is 2.28 bits per heavy atom. The van der Waals surface area contributed by atoms with Gasteiger partial charge in [-0.2, -0.15) is 18.3 Å². The molecule has 39 heavy (non-hydrogen) atoms. The molecule has 0 radical (unpaired) electrons. The third-order valence-corrected chi connectivity index (χ3v) is 5.65. The van der Waals surface area contributed by atoms with Crippen molar-refractivity contribution in [2.45, 2.75) is 13.1 Å². The highest BCUT2D eigenvalue weighted by molar-refractivity contribution is 5.89. The third kappa shape index (κ3) is 5.71. The number of hydrogen-bond donors (Lipinski definition) is 2. The van der Waals surface area contributed by atoms with Crippen molar-refractivity contribution in [3.8, 4) is 45.2 Å². The number of amides is 2. The summed E-state index contributed by atoms with van der Waals surface area (Å²) >= 11 is 0. The van der Waals surface area contributed by atoms with Crippen LogP contribution >= 0.6 is 0 Å². The van der Waals surface area contributed by atoms with E-state index >= 15 is 0 Å². The number of halogens is 3. The average molecular weight is 543 g/mol. The van der Waals surface area contributed by atoms with Gasteiger partial charge in [-0.3, -0.25) is 10.3 Å². The predicted octanol–water partition coefficient (Wildman–Crippen LogP) is 5.18. The van der Waals surface area contributed by atoms with Crippen LogP contribution in [0.1, 0.15) is 12.6 Å². The Labute approximate surface area is 221 Å². The van der Waals surface area contributed by atoms with E-state index in [1.165, 1.54) is 39.8 Å². The first-order valence-electron chi connectivity index (χ1n) is 11.6. The molecule has 0 fully saturated rings. The SMILES string of the molecule is CCNC(=O)Nc1cc(-n2ccc(C(F)(F)F)n2)c(-c2cncc(-c3ccc(OC)c(OC)c3OC)c2)cn1. The fourth-order valence-corrected chi connectivity index (χ4v) is 3.92. The molecule has 3 aromatic heterocycles. The molecule has 0 spiro atoms. The molecule has 0 unspecified atom stereocenters. The number of pyridine rings is 2. The van der Waals surface area contributed by atoms with Gasteiger partial charge in [0, 0.05) is 59.7 Å². The van der Waals surface area contributed by atoms with Crippen molar-refractivity contribution in [1.82, 2.24) is 25.1 Å². The van der Waals surface area contributed by atoms with Gasteiger partial charge in [-0.1, -0.05) is 0 Å². The largest absolute Gasteiger partial charge is 0.493 e. The Bertz CT molecular complexity index is 1490. The van der Waals surface area contributed by atoms with Crippen molar-refractivity contribution in [1.29, 1.82) is 0 Å². The maximum Gasteiger partial charge on any atom is 0.435 e. The number of anilines is 1. The molecule has 2 N–H and O–H groups in total. The summed E-state index contributed by atoms with van der Waals surface area (Å²) in [5.74, 6) is 1.40. The Morgan fingerprint density at radius 1 is 0.949 bits per heavy atom. The van der Waals surface area contributed by atoms with Crippen LogP contribution in [-0.4, -0.2) is 53.7 Å². The zero-order valence-electron chi connectivity index (χ0n) is 21.5. The topological polar surface area (TPSA) is 112 Å². The molecule has 3 heterocycles. The molecule has 0 aliphatic heterocycles. The van der Waals surface area contributed by atoms with E-state index in [9.17, 15) is 18.0 Å². The first kappa shape index (κ1) is 27.2. The van der Waals surface area contributed by atoms with Crippen LogP contribution in [0.25, 0.3) is 27.9 Å². The van der Waals surface area contributed by atoms with Crippen LogP contribution in [0.15, 0.2) is 55.1 Å². The number of methoxy groups -OCH3 is 3. The Hall–Kier alpha value is -4.81. The van der Waals surface area contributed by atoms with Crippen LogP contribution in [0.4, 0.5) is 23.8 Å². The normalized spacial score (nSPS) is 11.2. The fourth-order valence-electron chi connectivity index (χ4n) is 3.92. The van der Waals surface area contributed by atoms with Gasteiger partial charge >= 0.3 is 12.2 Å². The molecule has 10 nitrogen and oxygen atoms in total. The van der Waals surface area contributed by atoms with Gasteiger partial charge in [0.25, 0.3) is 0 Å². The van der Waals surface area contributed by atoms with Gasteiger partial charge in [-0.25, -0.2) is 14.5 Å². The number of rotatable bonds is 8. The van der Waals surface area contributed by atoms with Crippen LogP contribution in [-0.2, 0) is 6.18 Å². The highest BCUT2D eigenvalue weighted by Gasteiger charge is 2.34. The lowest BCUT2D eigenvalue weighted by Crippen LogP contribution is -2.28. The van der Waals surface area contributed by atoms with E-state index in [0.29, 0.717) is 46.0 Å². The second-order valence-corrected chi connectivity index (χ2v) is 8.06. The number of ether oxygens (including phenoxy) is 3. The van der Waals surface area contributed by atoms with Gasteiger partial charge < -0.3 is 19.5 Å². The van der Waals surface area contributed by atoms with E-state index < -0.39 is 17.9 Å². The van der Waals surface area contributed by atoms with Crippen LogP contribution < -0.4 is 24.8 Å². The summed E-state index contributed by atoms with van der Waals surface area (Å²) in [6.45, 7) is 2.13. The molecule has 2 amide bonds. The molecule has 4 aromatic rings. The molecule has 204 valence electrons. The van der Waals surface area contributed by atoms with Gasteiger partial charge in [0.15, 0.2) is 17.2 Å². The summed E-state index contributed by atoms with van der Waals surface area (Å²) in [7, 11) is 4.50. The Morgan fingerprint density at radius 2 is 1.67 bits per heavy atom. The van der Waals surface area contributed by atoms with Gasteiger partial charge in [0.2, 0.25) is 5.75 Å².